The van der Waals surface area contributed by atoms with Crippen LogP contribution in [0.2, 0.25) is 0 Å². The number of hydrogen-bond acceptors (Lipinski definition) is 3. The largest absolute Gasteiger partial charge is 0.389 e. The summed E-state index contributed by atoms with van der Waals surface area (Å²) in [4.78, 5) is 8.22. The third-order valence-corrected chi connectivity index (χ3v) is 2.75. The molecule has 0 bridgehead atoms. The molecule has 0 saturated carbocycles. The van der Waals surface area contributed by atoms with Crippen LogP contribution < -0.4 is 5.32 Å². The lowest BCUT2D eigenvalue weighted by Gasteiger charge is -2.08. The van der Waals surface area contributed by atoms with Gasteiger partial charge >= 0.3 is 6.18 Å². The Morgan fingerprint density at radius 2 is 2.00 bits per heavy atom. The molecule has 0 radical (unpaired) electrons. The van der Waals surface area contributed by atoms with Gasteiger partial charge in [-0.3, -0.25) is 0 Å². The van der Waals surface area contributed by atoms with Crippen molar-refractivity contribution in [2.75, 3.05) is 13.1 Å². The normalized spacial score (nSPS) is 16.4. The van der Waals surface area contributed by atoms with Crippen LogP contribution in [0.4, 0.5) is 13.2 Å². The van der Waals surface area contributed by atoms with E-state index < -0.39 is 12.6 Å². The Balaban J connectivity index is 2.07. The predicted octanol–water partition coefficient (Wildman–Crippen LogP) is 1.66. The van der Waals surface area contributed by atoms with Crippen LogP contribution in [0.25, 0.3) is 0 Å². The van der Waals surface area contributed by atoms with E-state index in [2.05, 4.69) is 15.3 Å². The van der Waals surface area contributed by atoms with Gasteiger partial charge in [0.1, 0.15) is 5.82 Å². The number of nitrogens with one attached hydrogen (secondary N) is 1. The van der Waals surface area contributed by atoms with Crippen LogP contribution in [0, 0.1) is 0 Å². The van der Waals surface area contributed by atoms with E-state index >= 15 is 0 Å². The molecular formula is C11H14F3N3. The maximum atomic E-state index is 12.1. The second-order valence-corrected chi connectivity index (χ2v) is 4.12. The third-order valence-electron chi connectivity index (χ3n) is 2.75. The average molecular weight is 245 g/mol. The summed E-state index contributed by atoms with van der Waals surface area (Å²) in [5.74, 6) is 0.294. The van der Waals surface area contributed by atoms with Crippen molar-refractivity contribution < 1.29 is 13.2 Å². The van der Waals surface area contributed by atoms with Crippen molar-refractivity contribution in [2.45, 2.75) is 31.9 Å². The average Bonchev–Trinajstić information content (AvgIpc) is 2.49. The second kappa shape index (κ2) is 5.00. The van der Waals surface area contributed by atoms with Gasteiger partial charge in [-0.1, -0.05) is 0 Å². The minimum absolute atomic E-state index is 0.135. The van der Waals surface area contributed by atoms with E-state index in [1.54, 1.807) is 6.20 Å². The highest BCUT2D eigenvalue weighted by Gasteiger charge is 2.27. The van der Waals surface area contributed by atoms with E-state index in [0.29, 0.717) is 5.82 Å². The fourth-order valence-electron chi connectivity index (χ4n) is 1.84. The minimum atomic E-state index is -4.14. The fourth-order valence-corrected chi connectivity index (χ4v) is 1.84. The lowest BCUT2D eigenvalue weighted by molar-refractivity contribution is -0.134. The number of nitrogens with zero attached hydrogens (tertiary/aromatic N) is 2. The number of alkyl halides is 3. The number of aromatic nitrogens is 2. The van der Waals surface area contributed by atoms with Crippen molar-refractivity contribution in [1.29, 1.82) is 0 Å². The molecule has 0 spiro atoms. The Labute approximate surface area is 97.5 Å². The number of rotatable bonds is 2. The standard InChI is InChI=1S/C11H14F3N3/c12-11(13,14)4-1-10-16-7-8-2-5-15-6-3-9(8)17-10/h7,15H,1-6H2. The molecule has 0 atom stereocenters. The van der Waals surface area contributed by atoms with Crippen molar-refractivity contribution in [3.05, 3.63) is 23.3 Å². The summed E-state index contributed by atoms with van der Waals surface area (Å²) < 4.78 is 36.2. The van der Waals surface area contributed by atoms with Crippen molar-refractivity contribution in [1.82, 2.24) is 15.3 Å². The predicted molar refractivity (Wildman–Crippen MR) is 56.7 cm³/mol. The van der Waals surface area contributed by atoms with E-state index in [-0.39, 0.29) is 6.42 Å². The Bertz CT molecular complexity index is 390. The zero-order valence-electron chi connectivity index (χ0n) is 9.35. The van der Waals surface area contributed by atoms with Crippen molar-refractivity contribution in [2.24, 2.45) is 0 Å². The maximum Gasteiger partial charge on any atom is 0.389 e. The molecule has 1 aliphatic rings. The molecule has 2 heterocycles. The Kier molecular flexibility index (Phi) is 3.61. The highest BCUT2D eigenvalue weighted by atomic mass is 19.4. The van der Waals surface area contributed by atoms with Crippen LogP contribution in [0.5, 0.6) is 0 Å². The first-order valence-electron chi connectivity index (χ1n) is 5.66. The molecule has 0 aromatic carbocycles. The molecule has 2 rings (SSSR count). The molecule has 0 amide bonds. The molecule has 0 unspecified atom stereocenters. The van der Waals surface area contributed by atoms with Crippen molar-refractivity contribution in [3.8, 4) is 0 Å². The molecule has 0 aliphatic carbocycles. The zero-order valence-corrected chi connectivity index (χ0v) is 9.35. The van der Waals surface area contributed by atoms with Gasteiger partial charge in [0.25, 0.3) is 0 Å². The highest BCUT2D eigenvalue weighted by Crippen LogP contribution is 2.21. The molecule has 1 aromatic heterocycles. The summed E-state index contributed by atoms with van der Waals surface area (Å²) in [6.07, 6.45) is -1.86. The van der Waals surface area contributed by atoms with Gasteiger partial charge in [0.05, 0.1) is 6.42 Å². The van der Waals surface area contributed by atoms with Gasteiger partial charge in [-0.2, -0.15) is 13.2 Å². The zero-order chi connectivity index (χ0) is 12.3. The first-order valence-corrected chi connectivity index (χ1v) is 5.66. The monoisotopic (exact) mass is 245 g/mol. The van der Waals surface area contributed by atoms with E-state index in [1.807, 2.05) is 0 Å². The quantitative estimate of drug-likeness (QED) is 0.861. The van der Waals surface area contributed by atoms with Gasteiger partial charge < -0.3 is 5.32 Å². The van der Waals surface area contributed by atoms with E-state index in [9.17, 15) is 13.2 Å². The van der Waals surface area contributed by atoms with Gasteiger partial charge in [0, 0.05) is 31.3 Å². The maximum absolute atomic E-state index is 12.1. The van der Waals surface area contributed by atoms with E-state index in [4.69, 9.17) is 0 Å². The smallest absolute Gasteiger partial charge is 0.316 e. The molecule has 3 nitrogen and oxygen atoms in total. The van der Waals surface area contributed by atoms with Gasteiger partial charge in [-0.25, -0.2) is 9.97 Å². The lowest BCUT2D eigenvalue weighted by atomic mass is 10.1. The Morgan fingerprint density at radius 1 is 1.24 bits per heavy atom. The SMILES string of the molecule is FC(F)(F)CCc1ncc2c(n1)CCNCC2. The second-order valence-electron chi connectivity index (χ2n) is 4.12. The Morgan fingerprint density at radius 3 is 2.76 bits per heavy atom. The Hall–Kier alpha value is -1.17. The first-order chi connectivity index (χ1) is 8.04. The molecule has 0 fully saturated rings. The number of hydrogen-bond donors (Lipinski definition) is 1. The molecule has 0 saturated heterocycles. The van der Waals surface area contributed by atoms with Crippen LogP contribution in [0.1, 0.15) is 23.5 Å². The van der Waals surface area contributed by atoms with Crippen LogP contribution in [-0.2, 0) is 19.3 Å². The van der Waals surface area contributed by atoms with E-state index in [0.717, 1.165) is 37.2 Å². The number of aryl methyl sites for hydroxylation is 1. The van der Waals surface area contributed by atoms with Gasteiger partial charge in [-0.15, -0.1) is 0 Å². The number of halogens is 3. The summed E-state index contributed by atoms with van der Waals surface area (Å²) in [7, 11) is 0. The molecule has 1 aromatic rings. The van der Waals surface area contributed by atoms with Crippen LogP contribution in [0.15, 0.2) is 6.20 Å². The minimum Gasteiger partial charge on any atom is -0.316 e. The molecule has 1 N–H and O–H groups in total. The molecule has 17 heavy (non-hydrogen) atoms. The molecular weight excluding hydrogens is 231 g/mol. The molecule has 1 aliphatic heterocycles. The first kappa shape index (κ1) is 12.3. The van der Waals surface area contributed by atoms with E-state index in [1.165, 1.54) is 0 Å². The number of fused-ring (bicyclic) bond motifs is 1. The van der Waals surface area contributed by atoms with Gasteiger partial charge in [0.2, 0.25) is 0 Å². The highest BCUT2D eigenvalue weighted by molar-refractivity contribution is 5.20. The van der Waals surface area contributed by atoms with Crippen LogP contribution in [0.3, 0.4) is 0 Å². The third kappa shape index (κ3) is 3.66. The van der Waals surface area contributed by atoms with Gasteiger partial charge in [-0.05, 0) is 18.5 Å². The van der Waals surface area contributed by atoms with Crippen molar-refractivity contribution in [3.63, 3.8) is 0 Å². The summed E-state index contributed by atoms with van der Waals surface area (Å²) in [5, 5.41) is 3.22. The van der Waals surface area contributed by atoms with Gasteiger partial charge in [0.15, 0.2) is 0 Å². The lowest BCUT2D eigenvalue weighted by Crippen LogP contribution is -2.16. The summed E-state index contributed by atoms with van der Waals surface area (Å²) in [6, 6.07) is 0. The summed E-state index contributed by atoms with van der Waals surface area (Å²) in [5.41, 5.74) is 1.94. The molecule has 6 heteroatoms. The fraction of sp³-hybridized carbons (Fsp3) is 0.636. The van der Waals surface area contributed by atoms with Crippen LogP contribution in [-0.4, -0.2) is 29.2 Å². The van der Waals surface area contributed by atoms with Crippen molar-refractivity contribution >= 4 is 0 Å². The summed E-state index contributed by atoms with van der Waals surface area (Å²) >= 11 is 0. The summed E-state index contributed by atoms with van der Waals surface area (Å²) in [6.45, 7) is 1.70. The van der Waals surface area contributed by atoms with Crippen LogP contribution >= 0.6 is 0 Å². The topological polar surface area (TPSA) is 37.8 Å². The molecule has 94 valence electrons.